The van der Waals surface area contributed by atoms with Crippen molar-refractivity contribution in [1.29, 1.82) is 5.26 Å². The van der Waals surface area contributed by atoms with Gasteiger partial charge in [-0.05, 0) is 86.3 Å². The van der Waals surface area contributed by atoms with Gasteiger partial charge in [-0.2, -0.15) is 5.26 Å². The Balaban J connectivity index is 1.48. The normalized spacial score (nSPS) is 28.7. The minimum atomic E-state index is 0.638. The number of unbranched alkanes of at least 4 members (excludes halogenated alkanes) is 3. The first-order chi connectivity index (χ1) is 11.7. The van der Waals surface area contributed by atoms with Gasteiger partial charge in [0.2, 0.25) is 0 Å². The van der Waals surface area contributed by atoms with E-state index in [4.69, 9.17) is 5.26 Å². The largest absolute Gasteiger partial charge is 0.192 e. The van der Waals surface area contributed by atoms with Crippen LogP contribution in [0.2, 0.25) is 0 Å². The lowest BCUT2D eigenvalue weighted by Crippen LogP contribution is -2.41. The molecule has 130 valence electrons. The molecule has 0 amide bonds. The van der Waals surface area contributed by atoms with Gasteiger partial charge in [-0.3, -0.25) is 0 Å². The molecule has 4 rings (SSSR count). The van der Waals surface area contributed by atoms with Crippen LogP contribution in [0.25, 0.3) is 0 Å². The monoisotopic (exact) mass is 323 g/mol. The number of hydrogen-bond donors (Lipinski definition) is 0. The van der Waals surface area contributed by atoms with Crippen LogP contribution in [-0.2, 0) is 6.42 Å². The lowest BCUT2D eigenvalue weighted by atomic mass is 9.51. The van der Waals surface area contributed by atoms with Crippen molar-refractivity contribution in [3.63, 3.8) is 0 Å². The minimum Gasteiger partial charge on any atom is -0.192 e. The van der Waals surface area contributed by atoms with Crippen molar-refractivity contribution in [3.05, 3.63) is 35.4 Å². The van der Waals surface area contributed by atoms with Crippen molar-refractivity contribution in [2.75, 3.05) is 0 Å². The van der Waals surface area contributed by atoms with Gasteiger partial charge in [0.15, 0.2) is 0 Å². The second-order valence-electron chi connectivity index (χ2n) is 8.62. The van der Waals surface area contributed by atoms with E-state index in [1.807, 2.05) is 12.1 Å². The average Bonchev–Trinajstić information content (AvgIpc) is 2.66. The van der Waals surface area contributed by atoms with Crippen LogP contribution >= 0.6 is 0 Å². The molecule has 0 aromatic heterocycles. The van der Waals surface area contributed by atoms with Gasteiger partial charge in [-0.25, -0.2) is 0 Å². The van der Waals surface area contributed by atoms with E-state index in [1.54, 1.807) is 0 Å². The quantitative estimate of drug-likeness (QED) is 0.482. The molecule has 24 heavy (non-hydrogen) atoms. The average molecular weight is 324 g/mol. The first-order valence-electron chi connectivity index (χ1n) is 10.2. The zero-order valence-corrected chi connectivity index (χ0v) is 15.4. The van der Waals surface area contributed by atoms with E-state index in [2.05, 4.69) is 25.1 Å². The van der Waals surface area contributed by atoms with Gasteiger partial charge in [0, 0.05) is 0 Å². The molecule has 3 aliphatic carbocycles. The van der Waals surface area contributed by atoms with Crippen molar-refractivity contribution >= 4 is 0 Å². The molecule has 1 heteroatoms. The standard InChI is InChI=1S/C23H33N/c1-2-3-4-5-11-22-13-16-23(17-14-22,18-15-22)12-10-20-6-8-21(19-24)9-7-20/h6-9H,2-5,10-18H2,1H3. The summed E-state index contributed by atoms with van der Waals surface area (Å²) in [5.41, 5.74) is 3.55. The fraction of sp³-hybridized carbons (Fsp3) is 0.696. The van der Waals surface area contributed by atoms with Gasteiger partial charge in [0.05, 0.1) is 11.6 Å². The Bertz CT molecular complexity index is 538. The van der Waals surface area contributed by atoms with E-state index in [-0.39, 0.29) is 0 Å². The second kappa shape index (κ2) is 7.73. The Kier molecular flexibility index (Phi) is 5.65. The maximum atomic E-state index is 8.91. The van der Waals surface area contributed by atoms with Crippen LogP contribution in [0.4, 0.5) is 0 Å². The molecule has 0 spiro atoms. The summed E-state index contributed by atoms with van der Waals surface area (Å²) in [5.74, 6) is 0. The van der Waals surface area contributed by atoms with Crippen molar-refractivity contribution in [1.82, 2.24) is 0 Å². The van der Waals surface area contributed by atoms with Crippen molar-refractivity contribution in [3.8, 4) is 6.07 Å². The molecule has 0 saturated heterocycles. The van der Waals surface area contributed by atoms with Gasteiger partial charge < -0.3 is 0 Å². The fourth-order valence-electron chi connectivity index (χ4n) is 5.17. The van der Waals surface area contributed by atoms with E-state index in [1.165, 1.54) is 89.0 Å². The fourth-order valence-corrected chi connectivity index (χ4v) is 5.17. The van der Waals surface area contributed by atoms with Gasteiger partial charge >= 0.3 is 0 Å². The van der Waals surface area contributed by atoms with Crippen LogP contribution in [-0.4, -0.2) is 0 Å². The number of hydrogen-bond acceptors (Lipinski definition) is 1. The maximum Gasteiger partial charge on any atom is 0.0991 e. The molecule has 2 bridgehead atoms. The minimum absolute atomic E-state index is 0.638. The molecule has 0 atom stereocenters. The van der Waals surface area contributed by atoms with Crippen molar-refractivity contribution < 1.29 is 0 Å². The topological polar surface area (TPSA) is 23.8 Å². The van der Waals surface area contributed by atoms with E-state index in [0.29, 0.717) is 5.41 Å². The number of aryl methyl sites for hydroxylation is 1. The first kappa shape index (κ1) is 17.5. The predicted molar refractivity (Wildman–Crippen MR) is 101 cm³/mol. The van der Waals surface area contributed by atoms with Crippen LogP contribution in [0.3, 0.4) is 0 Å². The number of benzene rings is 1. The van der Waals surface area contributed by atoms with Gasteiger partial charge in [-0.15, -0.1) is 0 Å². The molecule has 0 aliphatic heterocycles. The third-order valence-corrected chi connectivity index (χ3v) is 7.14. The summed E-state index contributed by atoms with van der Waals surface area (Å²) in [5, 5.41) is 8.91. The molecule has 3 fully saturated rings. The molecule has 1 aromatic carbocycles. The van der Waals surface area contributed by atoms with Crippen LogP contribution in [0.5, 0.6) is 0 Å². The third-order valence-electron chi connectivity index (χ3n) is 7.14. The molecule has 0 N–H and O–H groups in total. The molecule has 3 aliphatic rings. The summed E-state index contributed by atoms with van der Waals surface area (Å²) in [6.07, 6.45) is 18.6. The summed E-state index contributed by atoms with van der Waals surface area (Å²) in [7, 11) is 0. The molecule has 0 unspecified atom stereocenters. The van der Waals surface area contributed by atoms with E-state index >= 15 is 0 Å². The highest BCUT2D eigenvalue weighted by molar-refractivity contribution is 5.31. The van der Waals surface area contributed by atoms with Gasteiger partial charge in [0.1, 0.15) is 0 Å². The SMILES string of the molecule is CCCCCCC12CCC(CCc3ccc(C#N)cc3)(CC1)CC2. The highest BCUT2D eigenvalue weighted by Crippen LogP contribution is 2.60. The lowest BCUT2D eigenvalue weighted by molar-refractivity contribution is -0.0205. The Labute approximate surface area is 148 Å². The second-order valence-corrected chi connectivity index (χ2v) is 8.62. The Hall–Kier alpha value is -1.29. The van der Waals surface area contributed by atoms with E-state index in [0.717, 1.165) is 11.0 Å². The smallest absolute Gasteiger partial charge is 0.0991 e. The maximum absolute atomic E-state index is 8.91. The summed E-state index contributed by atoms with van der Waals surface area (Å²) >= 11 is 0. The molecule has 0 radical (unpaired) electrons. The number of nitrogens with zero attached hydrogens (tertiary/aromatic N) is 1. The van der Waals surface area contributed by atoms with Crippen LogP contribution in [0.1, 0.15) is 95.1 Å². The van der Waals surface area contributed by atoms with Crippen LogP contribution in [0.15, 0.2) is 24.3 Å². The summed E-state index contributed by atoms with van der Waals surface area (Å²) < 4.78 is 0. The number of nitriles is 1. The Morgan fingerprint density at radius 2 is 1.42 bits per heavy atom. The molecule has 1 nitrogen and oxygen atoms in total. The van der Waals surface area contributed by atoms with E-state index < -0.39 is 0 Å². The van der Waals surface area contributed by atoms with E-state index in [9.17, 15) is 0 Å². The van der Waals surface area contributed by atoms with Crippen LogP contribution < -0.4 is 0 Å². The Morgan fingerprint density at radius 3 is 1.96 bits per heavy atom. The first-order valence-corrected chi connectivity index (χ1v) is 10.2. The molecule has 0 heterocycles. The molecular weight excluding hydrogens is 290 g/mol. The molecular formula is C23H33N. The third kappa shape index (κ3) is 4.02. The highest BCUT2D eigenvalue weighted by atomic mass is 14.5. The molecule has 3 saturated carbocycles. The zero-order chi connectivity index (χ0) is 16.9. The number of rotatable bonds is 8. The zero-order valence-electron chi connectivity index (χ0n) is 15.4. The highest BCUT2D eigenvalue weighted by Gasteiger charge is 2.47. The van der Waals surface area contributed by atoms with Gasteiger partial charge in [0.25, 0.3) is 0 Å². The molecule has 1 aromatic rings. The summed E-state index contributed by atoms with van der Waals surface area (Å²) in [6, 6.07) is 10.5. The van der Waals surface area contributed by atoms with Crippen LogP contribution in [0, 0.1) is 22.2 Å². The summed E-state index contributed by atoms with van der Waals surface area (Å²) in [4.78, 5) is 0. The van der Waals surface area contributed by atoms with Crippen molar-refractivity contribution in [2.24, 2.45) is 10.8 Å². The van der Waals surface area contributed by atoms with Gasteiger partial charge in [-0.1, -0.05) is 44.7 Å². The predicted octanol–water partition coefficient (Wildman–Crippen LogP) is 6.80. The summed E-state index contributed by atoms with van der Waals surface area (Å²) in [6.45, 7) is 2.31. The number of fused-ring (bicyclic) bond motifs is 3. The van der Waals surface area contributed by atoms with Crippen molar-refractivity contribution in [2.45, 2.75) is 90.4 Å². The lowest BCUT2D eigenvalue weighted by Gasteiger charge is -2.54. The Morgan fingerprint density at radius 1 is 0.833 bits per heavy atom.